The number of anilines is 1. The number of hydrogen-bond acceptors (Lipinski definition) is 4. The van der Waals surface area contributed by atoms with Gasteiger partial charge >= 0.3 is 0 Å². The van der Waals surface area contributed by atoms with Crippen LogP contribution in [0.1, 0.15) is 10.4 Å². The number of benzene rings is 1. The molecule has 0 bridgehead atoms. The molecule has 0 unspecified atom stereocenters. The first-order chi connectivity index (χ1) is 9.65. The van der Waals surface area contributed by atoms with Crippen LogP contribution in [0.3, 0.4) is 0 Å². The zero-order chi connectivity index (χ0) is 14.1. The first-order valence-corrected chi connectivity index (χ1v) is 7.61. The van der Waals surface area contributed by atoms with E-state index in [0.717, 1.165) is 4.70 Å². The number of aromatic nitrogens is 2. The van der Waals surface area contributed by atoms with Crippen LogP contribution in [0, 0.1) is 0 Å². The average Bonchev–Trinajstić information content (AvgIpc) is 2.87. The Labute approximate surface area is 148 Å². The molecule has 3 rings (SSSR count). The molecular formula is C13H8Br2ClN3OS. The number of nitrogens with zero attached hydrogens (tertiary/aromatic N) is 2. The van der Waals surface area contributed by atoms with Crippen LogP contribution in [0.25, 0.3) is 10.2 Å². The van der Waals surface area contributed by atoms with Gasteiger partial charge in [-0.25, -0.2) is 9.97 Å². The number of thiazole rings is 1. The Morgan fingerprint density at radius 3 is 2.71 bits per heavy atom. The maximum Gasteiger partial charge on any atom is 0.257 e. The van der Waals surface area contributed by atoms with Crippen molar-refractivity contribution in [1.82, 2.24) is 9.97 Å². The molecule has 0 atom stereocenters. The highest BCUT2D eigenvalue weighted by Gasteiger charge is 2.13. The number of rotatable bonds is 2. The summed E-state index contributed by atoms with van der Waals surface area (Å²) in [4.78, 5) is 20.4. The maximum absolute atomic E-state index is 12.0. The van der Waals surface area contributed by atoms with Crippen LogP contribution in [0.15, 0.2) is 41.0 Å². The van der Waals surface area contributed by atoms with E-state index >= 15 is 0 Å². The van der Waals surface area contributed by atoms with Crippen LogP contribution in [0.4, 0.5) is 5.13 Å². The summed E-state index contributed by atoms with van der Waals surface area (Å²) in [5, 5.41) is 3.66. The van der Waals surface area contributed by atoms with E-state index in [1.54, 1.807) is 18.3 Å². The number of carbonyl (C=O) groups excluding carboxylic acids is 1. The fourth-order valence-corrected chi connectivity index (χ4v) is 3.28. The Balaban J connectivity index is 0.00000161. The van der Waals surface area contributed by atoms with E-state index in [1.165, 1.54) is 11.3 Å². The van der Waals surface area contributed by atoms with Crippen molar-refractivity contribution in [2.75, 3.05) is 5.32 Å². The molecule has 21 heavy (non-hydrogen) atoms. The summed E-state index contributed by atoms with van der Waals surface area (Å²) < 4.78 is 1.54. The van der Waals surface area contributed by atoms with Crippen LogP contribution in [0.2, 0.25) is 5.15 Å². The van der Waals surface area contributed by atoms with Gasteiger partial charge in [0.2, 0.25) is 0 Å². The van der Waals surface area contributed by atoms with Gasteiger partial charge in [-0.15, -0.1) is 17.0 Å². The molecule has 0 saturated heterocycles. The molecule has 8 heteroatoms. The molecule has 0 fully saturated rings. The molecule has 3 aromatic rings. The summed E-state index contributed by atoms with van der Waals surface area (Å²) in [6, 6.07) is 8.98. The topological polar surface area (TPSA) is 54.9 Å². The second-order valence-electron chi connectivity index (χ2n) is 3.92. The van der Waals surface area contributed by atoms with Crippen LogP contribution in [-0.4, -0.2) is 15.9 Å². The van der Waals surface area contributed by atoms with Crippen molar-refractivity contribution in [2.24, 2.45) is 0 Å². The molecular weight excluding hydrogens is 441 g/mol. The Hall–Kier alpha value is -1.02. The van der Waals surface area contributed by atoms with Gasteiger partial charge in [-0.3, -0.25) is 10.1 Å². The predicted molar refractivity (Wildman–Crippen MR) is 94.8 cm³/mol. The monoisotopic (exact) mass is 447 g/mol. The number of halogens is 3. The molecule has 0 radical (unpaired) electrons. The second kappa shape index (κ2) is 6.83. The number of amides is 1. The largest absolute Gasteiger partial charge is 0.298 e. The van der Waals surface area contributed by atoms with E-state index in [0.29, 0.717) is 25.8 Å². The van der Waals surface area contributed by atoms with Crippen LogP contribution in [-0.2, 0) is 0 Å². The number of hydrogen-bond donors (Lipinski definition) is 1. The molecule has 1 N–H and O–H groups in total. The molecule has 2 heterocycles. The molecule has 0 spiro atoms. The number of pyridine rings is 1. The molecule has 2 aromatic heterocycles. The zero-order valence-corrected chi connectivity index (χ0v) is 15.2. The van der Waals surface area contributed by atoms with Crippen LogP contribution < -0.4 is 5.32 Å². The van der Waals surface area contributed by atoms with Crippen molar-refractivity contribution >= 4 is 77.1 Å². The summed E-state index contributed by atoms with van der Waals surface area (Å²) in [7, 11) is 0. The maximum atomic E-state index is 12.0. The van der Waals surface area contributed by atoms with E-state index in [2.05, 4.69) is 31.2 Å². The third-order valence-corrected chi connectivity index (χ3v) is 5.14. The summed E-state index contributed by atoms with van der Waals surface area (Å²) in [6.45, 7) is 0. The Bertz CT molecular complexity index is 795. The molecule has 0 aliphatic heterocycles. The van der Waals surface area contributed by atoms with Crippen molar-refractivity contribution in [3.05, 3.63) is 51.7 Å². The second-order valence-corrected chi connectivity index (χ2v) is 6.07. The molecule has 1 amide bonds. The van der Waals surface area contributed by atoms with Crippen LogP contribution in [0.5, 0.6) is 0 Å². The van der Waals surface area contributed by atoms with Gasteiger partial charge in [0, 0.05) is 5.56 Å². The molecule has 0 aliphatic carbocycles. The van der Waals surface area contributed by atoms with Crippen molar-refractivity contribution in [3.63, 3.8) is 0 Å². The lowest BCUT2D eigenvalue weighted by Gasteiger charge is -2.00. The normalized spacial score (nSPS) is 10.2. The van der Waals surface area contributed by atoms with E-state index in [9.17, 15) is 4.79 Å². The summed E-state index contributed by atoms with van der Waals surface area (Å²) in [5.41, 5.74) is 1.27. The smallest absolute Gasteiger partial charge is 0.257 e. The van der Waals surface area contributed by atoms with Gasteiger partial charge in [-0.05, 0) is 28.1 Å². The Morgan fingerprint density at radius 2 is 2.00 bits per heavy atom. The minimum Gasteiger partial charge on any atom is -0.298 e. The van der Waals surface area contributed by atoms with E-state index < -0.39 is 0 Å². The molecule has 4 nitrogen and oxygen atoms in total. The number of nitrogens with one attached hydrogen (secondary N) is 1. The van der Waals surface area contributed by atoms with Crippen molar-refractivity contribution < 1.29 is 4.79 Å². The lowest BCUT2D eigenvalue weighted by molar-refractivity contribution is 0.102. The lowest BCUT2D eigenvalue weighted by atomic mass is 10.2. The SMILES string of the molecule is Br.O=C(Nc1nc2cnc(Cl)c(Br)c2s1)c1ccccc1. The van der Waals surface area contributed by atoms with E-state index in [-0.39, 0.29) is 22.9 Å². The minimum absolute atomic E-state index is 0. The third kappa shape index (κ3) is 3.42. The fraction of sp³-hybridized carbons (Fsp3) is 0. The third-order valence-electron chi connectivity index (χ3n) is 2.59. The Kier molecular flexibility index (Phi) is 5.32. The molecule has 0 aliphatic rings. The highest BCUT2D eigenvalue weighted by molar-refractivity contribution is 9.10. The van der Waals surface area contributed by atoms with Crippen LogP contribution >= 0.6 is 55.8 Å². The first kappa shape index (κ1) is 16.4. The lowest BCUT2D eigenvalue weighted by Crippen LogP contribution is -2.11. The average molecular weight is 450 g/mol. The predicted octanol–water partition coefficient (Wildman–Crippen LogP) is 4.94. The number of fused-ring (bicyclic) bond motifs is 1. The quantitative estimate of drug-likeness (QED) is 0.564. The summed E-state index contributed by atoms with van der Waals surface area (Å²) >= 11 is 10.6. The van der Waals surface area contributed by atoms with E-state index in [1.807, 2.05) is 18.2 Å². The highest BCUT2D eigenvalue weighted by Crippen LogP contribution is 2.35. The van der Waals surface area contributed by atoms with Gasteiger partial charge in [-0.2, -0.15) is 0 Å². The van der Waals surface area contributed by atoms with Gasteiger partial charge in [0.25, 0.3) is 5.91 Å². The first-order valence-electron chi connectivity index (χ1n) is 5.62. The van der Waals surface area contributed by atoms with Crippen molar-refractivity contribution in [1.29, 1.82) is 0 Å². The van der Waals surface area contributed by atoms with Crippen molar-refractivity contribution in [2.45, 2.75) is 0 Å². The fourth-order valence-electron chi connectivity index (χ4n) is 1.66. The molecule has 108 valence electrons. The summed E-state index contributed by atoms with van der Waals surface area (Å²) in [6.07, 6.45) is 1.58. The minimum atomic E-state index is -0.195. The molecule has 1 aromatic carbocycles. The Morgan fingerprint density at radius 1 is 1.29 bits per heavy atom. The van der Waals surface area contributed by atoms with Crippen molar-refractivity contribution in [3.8, 4) is 0 Å². The highest BCUT2D eigenvalue weighted by atomic mass is 79.9. The molecule has 0 saturated carbocycles. The van der Waals surface area contributed by atoms with Gasteiger partial charge in [0.15, 0.2) is 5.13 Å². The standard InChI is InChI=1S/C13H7BrClN3OS.BrH/c14-9-10-8(6-16-11(9)15)17-13(20-10)18-12(19)7-4-2-1-3-5-7;/h1-6H,(H,17,18,19);1H. The van der Waals surface area contributed by atoms with Gasteiger partial charge in [0.1, 0.15) is 10.7 Å². The van der Waals surface area contributed by atoms with Gasteiger partial charge in [0.05, 0.1) is 15.4 Å². The van der Waals surface area contributed by atoms with E-state index in [4.69, 9.17) is 11.6 Å². The number of carbonyl (C=O) groups is 1. The zero-order valence-electron chi connectivity index (χ0n) is 10.3. The van der Waals surface area contributed by atoms with Gasteiger partial charge < -0.3 is 0 Å². The van der Waals surface area contributed by atoms with Gasteiger partial charge in [-0.1, -0.05) is 41.1 Å². The summed E-state index contributed by atoms with van der Waals surface area (Å²) in [5.74, 6) is -0.195.